The lowest BCUT2D eigenvalue weighted by atomic mass is 10.0. The molecule has 3 aromatic carbocycles. The zero-order valence-electron chi connectivity index (χ0n) is 9.66. The van der Waals surface area contributed by atoms with E-state index in [2.05, 4.69) is 0 Å². The molecule has 0 saturated carbocycles. The van der Waals surface area contributed by atoms with Crippen molar-refractivity contribution in [3.63, 3.8) is 0 Å². The molecule has 1 heterocycles. The number of benzene rings is 3. The smallest absolute Gasteiger partial charge is 0.348 e. The molecule has 0 bridgehead atoms. The fourth-order valence-electron chi connectivity index (χ4n) is 2.46. The molecule has 4 rings (SSSR count). The summed E-state index contributed by atoms with van der Waals surface area (Å²) in [6, 6.07) is 15.0. The molecule has 1 aliphatic heterocycles. The Labute approximate surface area is 109 Å². The summed E-state index contributed by atoms with van der Waals surface area (Å²) in [6.45, 7) is 0. The number of hydrogen-bond donors (Lipinski definition) is 0. The molecule has 4 nitrogen and oxygen atoms in total. The lowest BCUT2D eigenvalue weighted by molar-refractivity contribution is 0.438. The fraction of sp³-hybridized carbons (Fsp3) is 0. The van der Waals surface area contributed by atoms with E-state index in [9.17, 15) is 8.42 Å². The van der Waals surface area contributed by atoms with Gasteiger partial charge in [0.25, 0.3) is 0 Å². The van der Waals surface area contributed by atoms with Gasteiger partial charge in [-0.2, -0.15) is 0 Å². The summed E-state index contributed by atoms with van der Waals surface area (Å²) >= 11 is 0. The molecule has 0 spiro atoms. The van der Waals surface area contributed by atoms with Gasteiger partial charge in [0.1, 0.15) is 0 Å². The molecule has 5 heteroatoms. The molecule has 0 amide bonds. The Kier molecular flexibility index (Phi) is 1.90. The molecule has 94 valence electrons. The van der Waals surface area contributed by atoms with Crippen molar-refractivity contribution in [3.05, 3.63) is 48.5 Å². The van der Waals surface area contributed by atoms with Crippen LogP contribution in [0.2, 0.25) is 0 Å². The highest BCUT2D eigenvalue weighted by Crippen LogP contribution is 2.47. The van der Waals surface area contributed by atoms with E-state index in [0.717, 1.165) is 21.5 Å². The van der Waals surface area contributed by atoms with Crippen LogP contribution in [0.25, 0.3) is 21.5 Å². The van der Waals surface area contributed by atoms with Gasteiger partial charge in [0.05, 0.1) is 0 Å². The topological polar surface area (TPSA) is 52.6 Å². The summed E-state index contributed by atoms with van der Waals surface area (Å²) in [7, 11) is -3.99. The third-order valence-electron chi connectivity index (χ3n) is 3.21. The maximum Gasteiger partial charge on any atom is 0.501 e. The minimum Gasteiger partial charge on any atom is -0.348 e. The van der Waals surface area contributed by atoms with Crippen LogP contribution in [-0.2, 0) is 10.4 Å². The highest BCUT2D eigenvalue weighted by atomic mass is 32.3. The van der Waals surface area contributed by atoms with Crippen LogP contribution in [0.1, 0.15) is 0 Å². The van der Waals surface area contributed by atoms with E-state index in [4.69, 9.17) is 8.37 Å². The normalized spacial score (nSPS) is 16.0. The van der Waals surface area contributed by atoms with Gasteiger partial charge in [-0.15, -0.1) is 8.42 Å². The summed E-state index contributed by atoms with van der Waals surface area (Å²) in [6.07, 6.45) is 0. The molecule has 1 aliphatic rings. The highest BCUT2D eigenvalue weighted by molar-refractivity contribution is 7.82. The van der Waals surface area contributed by atoms with Crippen LogP contribution in [0.3, 0.4) is 0 Å². The highest BCUT2D eigenvalue weighted by Gasteiger charge is 2.32. The second kappa shape index (κ2) is 3.39. The molecule has 0 aliphatic carbocycles. The number of rotatable bonds is 0. The lowest BCUT2D eigenvalue weighted by Crippen LogP contribution is -2.08. The molecule has 0 atom stereocenters. The van der Waals surface area contributed by atoms with Gasteiger partial charge >= 0.3 is 10.4 Å². The van der Waals surface area contributed by atoms with Crippen molar-refractivity contribution < 1.29 is 16.8 Å². The molecular formula is C14H8O4S. The monoisotopic (exact) mass is 272 g/mol. The standard InChI is InChI=1S/C14H8O4S/c15-19(16)17-13-11-7-3-1-5-9(11)10-6-2-4-8-12(10)14(13)18-19/h1-8H. The van der Waals surface area contributed by atoms with Crippen molar-refractivity contribution in [2.45, 2.75) is 0 Å². The maximum atomic E-state index is 11.5. The van der Waals surface area contributed by atoms with Crippen LogP contribution in [0.4, 0.5) is 0 Å². The first kappa shape index (κ1) is 10.6. The predicted molar refractivity (Wildman–Crippen MR) is 71.6 cm³/mol. The Bertz CT molecular complexity index is 858. The van der Waals surface area contributed by atoms with E-state index in [1.165, 1.54) is 0 Å². The molecule has 0 radical (unpaired) electrons. The Morgan fingerprint density at radius 1 is 0.632 bits per heavy atom. The summed E-state index contributed by atoms with van der Waals surface area (Å²) in [5.41, 5.74) is 0. The van der Waals surface area contributed by atoms with Gasteiger partial charge < -0.3 is 8.37 Å². The van der Waals surface area contributed by atoms with E-state index in [1.807, 2.05) is 48.5 Å². The second-order valence-electron chi connectivity index (χ2n) is 4.32. The molecule has 3 aromatic rings. The summed E-state index contributed by atoms with van der Waals surface area (Å²) in [4.78, 5) is 0. The zero-order valence-corrected chi connectivity index (χ0v) is 10.5. The van der Waals surface area contributed by atoms with Gasteiger partial charge in [-0.25, -0.2) is 0 Å². The first-order valence-electron chi connectivity index (χ1n) is 5.73. The van der Waals surface area contributed by atoms with Gasteiger partial charge in [0.2, 0.25) is 0 Å². The number of fused-ring (bicyclic) bond motifs is 6. The molecule has 0 fully saturated rings. The van der Waals surface area contributed by atoms with Crippen LogP contribution < -0.4 is 8.37 Å². The minimum atomic E-state index is -3.99. The summed E-state index contributed by atoms with van der Waals surface area (Å²) in [5.74, 6) is 0.545. The van der Waals surface area contributed by atoms with Gasteiger partial charge in [-0.3, -0.25) is 0 Å². The van der Waals surface area contributed by atoms with E-state index in [1.54, 1.807) is 0 Å². The molecule has 0 N–H and O–H groups in total. The average molecular weight is 272 g/mol. The first-order valence-corrected chi connectivity index (χ1v) is 7.06. The summed E-state index contributed by atoms with van der Waals surface area (Å²) < 4.78 is 33.0. The predicted octanol–water partition coefficient (Wildman–Crippen LogP) is 3.01. The summed E-state index contributed by atoms with van der Waals surface area (Å²) in [5, 5.41) is 3.35. The Morgan fingerprint density at radius 3 is 1.42 bits per heavy atom. The van der Waals surface area contributed by atoms with E-state index < -0.39 is 10.4 Å². The van der Waals surface area contributed by atoms with E-state index in [0.29, 0.717) is 0 Å². The van der Waals surface area contributed by atoms with Crippen LogP contribution in [-0.4, -0.2) is 8.42 Å². The Balaban J connectivity index is 2.30. The van der Waals surface area contributed by atoms with Crippen molar-refractivity contribution in [3.8, 4) is 11.5 Å². The van der Waals surface area contributed by atoms with Crippen LogP contribution in [0.15, 0.2) is 48.5 Å². The Morgan fingerprint density at radius 2 is 1.00 bits per heavy atom. The van der Waals surface area contributed by atoms with E-state index >= 15 is 0 Å². The first-order chi connectivity index (χ1) is 9.16. The van der Waals surface area contributed by atoms with Crippen LogP contribution in [0.5, 0.6) is 11.5 Å². The largest absolute Gasteiger partial charge is 0.501 e. The van der Waals surface area contributed by atoms with Crippen LogP contribution >= 0.6 is 0 Å². The quantitative estimate of drug-likeness (QED) is 0.590. The van der Waals surface area contributed by atoms with Crippen molar-refractivity contribution in [2.24, 2.45) is 0 Å². The molecule has 0 unspecified atom stereocenters. The molecule has 0 aromatic heterocycles. The third kappa shape index (κ3) is 1.42. The fourth-order valence-corrected chi connectivity index (χ4v) is 3.24. The SMILES string of the molecule is O=S1(=O)Oc2c(c3ccccc3c3ccccc23)O1. The average Bonchev–Trinajstić information content (AvgIpc) is 2.75. The molecule has 0 saturated heterocycles. The van der Waals surface area contributed by atoms with Crippen molar-refractivity contribution in [2.75, 3.05) is 0 Å². The third-order valence-corrected chi connectivity index (χ3v) is 3.95. The lowest BCUT2D eigenvalue weighted by Gasteiger charge is -2.06. The minimum absolute atomic E-state index is 0.273. The Hall–Kier alpha value is -2.27. The van der Waals surface area contributed by atoms with Gasteiger partial charge in [-0.05, 0) is 10.8 Å². The van der Waals surface area contributed by atoms with Crippen molar-refractivity contribution in [1.82, 2.24) is 0 Å². The zero-order chi connectivity index (χ0) is 13.0. The van der Waals surface area contributed by atoms with E-state index in [-0.39, 0.29) is 11.5 Å². The van der Waals surface area contributed by atoms with Crippen LogP contribution in [0, 0.1) is 0 Å². The van der Waals surface area contributed by atoms with Gasteiger partial charge in [-0.1, -0.05) is 48.5 Å². The maximum absolute atomic E-state index is 11.5. The molecule has 19 heavy (non-hydrogen) atoms. The molecular weight excluding hydrogens is 264 g/mol. The second-order valence-corrected chi connectivity index (χ2v) is 5.47. The van der Waals surface area contributed by atoms with Gasteiger partial charge in [0, 0.05) is 10.8 Å². The number of hydrogen-bond acceptors (Lipinski definition) is 4. The van der Waals surface area contributed by atoms with Crippen molar-refractivity contribution >= 4 is 31.9 Å². The van der Waals surface area contributed by atoms with Gasteiger partial charge in [0.15, 0.2) is 11.5 Å². The van der Waals surface area contributed by atoms with Crippen molar-refractivity contribution in [1.29, 1.82) is 0 Å².